The number of aryl methyl sites for hydroxylation is 1. The Hall–Kier alpha value is -2.70. The molecule has 0 saturated heterocycles. The molecule has 0 bridgehead atoms. The third kappa shape index (κ3) is 4.04. The second-order valence-corrected chi connectivity index (χ2v) is 7.51. The average molecular weight is 433 g/mol. The van der Waals surface area contributed by atoms with Gasteiger partial charge in [-0.3, -0.25) is 0 Å². The maximum atomic E-state index is 13.2. The van der Waals surface area contributed by atoms with Crippen LogP contribution >= 0.6 is 23.2 Å². The lowest BCUT2D eigenvalue weighted by Gasteiger charge is -2.07. The minimum Gasteiger partial charge on any atom is -0.360 e. The molecule has 1 saturated carbocycles. The van der Waals surface area contributed by atoms with Gasteiger partial charge in [-0.1, -0.05) is 51.7 Å². The van der Waals surface area contributed by atoms with Gasteiger partial charge >= 0.3 is 5.97 Å². The molecule has 0 N–H and O–H groups in total. The first-order valence-electron chi connectivity index (χ1n) is 8.91. The van der Waals surface area contributed by atoms with E-state index >= 15 is 0 Å². The SMILES string of the molecule is Cc1onc(-c2c(Cl)cccc2Cl)c1C(=O)ON=C(c1ccc(F)cc1)C1CC1. The molecule has 0 spiro atoms. The van der Waals surface area contributed by atoms with Crippen molar-refractivity contribution in [3.63, 3.8) is 0 Å². The van der Waals surface area contributed by atoms with Crippen LogP contribution in [0.5, 0.6) is 0 Å². The van der Waals surface area contributed by atoms with Gasteiger partial charge in [0.05, 0.1) is 15.8 Å². The first-order chi connectivity index (χ1) is 14.0. The fraction of sp³-hybridized carbons (Fsp3) is 0.190. The lowest BCUT2D eigenvalue weighted by atomic mass is 10.1. The van der Waals surface area contributed by atoms with Gasteiger partial charge in [-0.25, -0.2) is 9.18 Å². The predicted octanol–water partition coefficient (Wildman–Crippen LogP) is 6.07. The number of hydrogen-bond donors (Lipinski definition) is 0. The summed E-state index contributed by atoms with van der Waals surface area (Å²) in [6.45, 7) is 1.59. The van der Waals surface area contributed by atoms with E-state index in [-0.39, 0.29) is 28.8 Å². The number of nitrogens with zero attached hydrogens (tertiary/aromatic N) is 2. The number of halogens is 3. The van der Waals surface area contributed by atoms with Crippen molar-refractivity contribution < 1.29 is 18.5 Å². The summed E-state index contributed by atoms with van der Waals surface area (Å²) in [5.41, 5.74) is 1.97. The summed E-state index contributed by atoms with van der Waals surface area (Å²) >= 11 is 12.5. The lowest BCUT2D eigenvalue weighted by Crippen LogP contribution is -2.09. The lowest BCUT2D eigenvalue weighted by molar-refractivity contribution is 0.0514. The fourth-order valence-electron chi connectivity index (χ4n) is 2.98. The van der Waals surface area contributed by atoms with Crippen LogP contribution in [-0.4, -0.2) is 16.8 Å². The topological polar surface area (TPSA) is 64.7 Å². The molecule has 1 aromatic heterocycles. The maximum Gasteiger partial charge on any atom is 0.371 e. The van der Waals surface area contributed by atoms with Crippen molar-refractivity contribution >= 4 is 34.9 Å². The van der Waals surface area contributed by atoms with Crippen molar-refractivity contribution in [3.8, 4) is 11.3 Å². The van der Waals surface area contributed by atoms with Crippen LogP contribution in [0.2, 0.25) is 10.0 Å². The van der Waals surface area contributed by atoms with Gasteiger partial charge in [-0.05, 0) is 49.6 Å². The van der Waals surface area contributed by atoms with E-state index in [2.05, 4.69) is 10.3 Å². The highest BCUT2D eigenvalue weighted by atomic mass is 35.5. The quantitative estimate of drug-likeness (QED) is 0.279. The Morgan fingerprint density at radius 2 is 1.83 bits per heavy atom. The Labute approximate surface area is 176 Å². The van der Waals surface area contributed by atoms with Crippen molar-refractivity contribution in [1.29, 1.82) is 0 Å². The second-order valence-electron chi connectivity index (χ2n) is 6.70. The number of carbonyl (C=O) groups excluding carboxylic acids is 1. The standard InChI is InChI=1S/C21H15Cl2FN2O3/c1-11-17(20(26-28-11)18-15(22)3-2-4-16(18)23)21(27)29-25-19(12-5-6-12)13-7-9-14(24)10-8-13/h2-4,7-10,12H,5-6H2,1H3. The number of aromatic nitrogens is 1. The van der Waals surface area contributed by atoms with Crippen LogP contribution in [0, 0.1) is 18.7 Å². The van der Waals surface area contributed by atoms with Crippen molar-refractivity contribution in [2.45, 2.75) is 19.8 Å². The van der Waals surface area contributed by atoms with Gasteiger partial charge < -0.3 is 9.36 Å². The second kappa shape index (κ2) is 7.97. The number of oxime groups is 1. The van der Waals surface area contributed by atoms with E-state index < -0.39 is 5.97 Å². The number of rotatable bonds is 5. The minimum absolute atomic E-state index is 0.0954. The predicted molar refractivity (Wildman–Crippen MR) is 108 cm³/mol. The molecule has 1 aliphatic carbocycles. The summed E-state index contributed by atoms with van der Waals surface area (Å²) in [7, 11) is 0. The van der Waals surface area contributed by atoms with Crippen LogP contribution in [-0.2, 0) is 4.84 Å². The molecular weight excluding hydrogens is 418 g/mol. The van der Waals surface area contributed by atoms with Crippen LogP contribution in [0.1, 0.15) is 34.5 Å². The molecule has 1 heterocycles. The number of hydrogen-bond acceptors (Lipinski definition) is 5. The van der Waals surface area contributed by atoms with E-state index in [1.807, 2.05) is 0 Å². The molecule has 3 aromatic rings. The van der Waals surface area contributed by atoms with Gasteiger partial charge in [0.2, 0.25) is 0 Å². The Morgan fingerprint density at radius 1 is 1.17 bits per heavy atom. The Kier molecular flexibility index (Phi) is 5.39. The van der Waals surface area contributed by atoms with Crippen LogP contribution in [0.4, 0.5) is 4.39 Å². The smallest absolute Gasteiger partial charge is 0.360 e. The average Bonchev–Trinajstić information content (AvgIpc) is 3.45. The minimum atomic E-state index is -0.741. The molecule has 0 amide bonds. The molecule has 1 fully saturated rings. The summed E-state index contributed by atoms with van der Waals surface area (Å²) in [5, 5.41) is 8.66. The van der Waals surface area contributed by atoms with E-state index in [1.165, 1.54) is 12.1 Å². The molecule has 1 aliphatic rings. The normalized spacial score (nSPS) is 14.1. The zero-order valence-electron chi connectivity index (χ0n) is 15.3. The highest BCUT2D eigenvalue weighted by Gasteiger charge is 2.31. The van der Waals surface area contributed by atoms with Gasteiger partial charge in [-0.2, -0.15) is 0 Å². The molecule has 8 heteroatoms. The zero-order valence-corrected chi connectivity index (χ0v) is 16.8. The van der Waals surface area contributed by atoms with Gasteiger partial charge in [0.25, 0.3) is 0 Å². The van der Waals surface area contributed by atoms with Gasteiger partial charge in [0.15, 0.2) is 0 Å². The molecule has 0 unspecified atom stereocenters. The largest absolute Gasteiger partial charge is 0.371 e. The van der Waals surface area contributed by atoms with E-state index in [0.717, 1.165) is 12.8 Å². The summed E-state index contributed by atoms with van der Waals surface area (Å²) < 4.78 is 18.4. The van der Waals surface area contributed by atoms with Gasteiger partial charge in [0.1, 0.15) is 22.8 Å². The molecule has 4 rings (SSSR count). The maximum absolute atomic E-state index is 13.2. The summed E-state index contributed by atoms with van der Waals surface area (Å²) in [4.78, 5) is 18.0. The van der Waals surface area contributed by atoms with Crippen molar-refractivity contribution in [1.82, 2.24) is 5.16 Å². The summed E-state index contributed by atoms with van der Waals surface area (Å²) in [6, 6.07) is 10.9. The molecule has 5 nitrogen and oxygen atoms in total. The van der Waals surface area contributed by atoms with Crippen molar-refractivity contribution in [3.05, 3.63) is 75.2 Å². The molecule has 0 aliphatic heterocycles. The van der Waals surface area contributed by atoms with E-state index in [1.54, 1.807) is 37.3 Å². The fourth-order valence-corrected chi connectivity index (χ4v) is 3.56. The summed E-state index contributed by atoms with van der Waals surface area (Å²) in [5.74, 6) is -0.655. The highest BCUT2D eigenvalue weighted by molar-refractivity contribution is 6.39. The third-order valence-electron chi connectivity index (χ3n) is 4.60. The van der Waals surface area contributed by atoms with E-state index in [4.69, 9.17) is 32.6 Å². The molecule has 0 radical (unpaired) electrons. The van der Waals surface area contributed by atoms with Gasteiger partial charge in [0, 0.05) is 11.5 Å². The number of benzene rings is 2. The molecule has 148 valence electrons. The Morgan fingerprint density at radius 3 is 2.45 bits per heavy atom. The van der Waals surface area contributed by atoms with Gasteiger partial charge in [-0.15, -0.1) is 0 Å². The third-order valence-corrected chi connectivity index (χ3v) is 5.23. The number of carbonyl (C=O) groups is 1. The van der Waals surface area contributed by atoms with Crippen molar-refractivity contribution in [2.24, 2.45) is 11.1 Å². The Bertz CT molecular complexity index is 1090. The first-order valence-corrected chi connectivity index (χ1v) is 9.67. The molecular formula is C21H15Cl2FN2O3. The first kappa shape index (κ1) is 19.6. The monoisotopic (exact) mass is 432 g/mol. The van der Waals surface area contributed by atoms with Crippen LogP contribution in [0.3, 0.4) is 0 Å². The molecule has 29 heavy (non-hydrogen) atoms. The molecule has 2 aromatic carbocycles. The van der Waals surface area contributed by atoms with E-state index in [0.29, 0.717) is 26.9 Å². The van der Waals surface area contributed by atoms with E-state index in [9.17, 15) is 9.18 Å². The van der Waals surface area contributed by atoms with Crippen molar-refractivity contribution in [2.75, 3.05) is 0 Å². The molecule has 0 atom stereocenters. The van der Waals surface area contributed by atoms with Crippen LogP contribution < -0.4 is 0 Å². The Balaban J connectivity index is 1.66. The van der Waals surface area contributed by atoms with Crippen LogP contribution in [0.25, 0.3) is 11.3 Å². The summed E-state index contributed by atoms with van der Waals surface area (Å²) in [6.07, 6.45) is 1.86. The van der Waals surface area contributed by atoms with Crippen LogP contribution in [0.15, 0.2) is 52.1 Å². The zero-order chi connectivity index (χ0) is 20.5. The highest BCUT2D eigenvalue weighted by Crippen LogP contribution is 2.37.